The number of halogens is 2. The Hall–Kier alpha value is -2.10. The number of benzene rings is 1. The fraction of sp³-hybridized carbons (Fsp3) is 0.619. The van der Waals surface area contributed by atoms with Gasteiger partial charge in [-0.3, -0.25) is 14.5 Å². The van der Waals surface area contributed by atoms with Crippen molar-refractivity contribution >= 4 is 12.4 Å². The lowest BCUT2D eigenvalue weighted by Crippen LogP contribution is -2.42. The van der Waals surface area contributed by atoms with Gasteiger partial charge in [-0.25, -0.2) is 8.78 Å². The van der Waals surface area contributed by atoms with Gasteiger partial charge in [-0.2, -0.15) is 0 Å². The smallest absolute Gasteiger partial charge is 0.290 e. The van der Waals surface area contributed by atoms with Crippen LogP contribution in [-0.2, 0) is 14.3 Å². The number of likely N-dealkylation sites (tertiary alicyclic amines) is 1. The second-order valence-electron chi connectivity index (χ2n) is 7.88. The molecule has 166 valence electrons. The number of fused-ring (bicyclic) bond motifs is 1. The lowest BCUT2D eigenvalue weighted by molar-refractivity contribution is -0.122. The second-order valence-corrected chi connectivity index (χ2v) is 7.88. The van der Waals surface area contributed by atoms with Gasteiger partial charge < -0.3 is 19.9 Å². The number of nitrogens with one attached hydrogen (secondary N) is 1. The maximum Gasteiger partial charge on any atom is 0.290 e. The van der Waals surface area contributed by atoms with Crippen LogP contribution in [0.3, 0.4) is 0 Å². The fourth-order valence-electron chi connectivity index (χ4n) is 5.05. The predicted octanol–water partition coefficient (Wildman–Crippen LogP) is 1.91. The fourth-order valence-corrected chi connectivity index (χ4v) is 5.05. The molecule has 7 nitrogen and oxygen atoms in total. The number of rotatable bonds is 7. The zero-order valence-corrected chi connectivity index (χ0v) is 17.0. The molecule has 3 aliphatic heterocycles. The Morgan fingerprint density at radius 2 is 2.23 bits per heavy atom. The van der Waals surface area contributed by atoms with Crippen molar-refractivity contribution in [3.8, 4) is 0 Å². The average molecular weight is 426 g/mol. The summed E-state index contributed by atoms with van der Waals surface area (Å²) >= 11 is 0. The van der Waals surface area contributed by atoms with Gasteiger partial charge in [-0.05, 0) is 31.9 Å². The number of amides is 1. The van der Waals surface area contributed by atoms with Crippen molar-refractivity contribution in [1.29, 1.82) is 0 Å². The first-order valence-electron chi connectivity index (χ1n) is 10.2. The lowest BCUT2D eigenvalue weighted by Gasteiger charge is -2.29. The van der Waals surface area contributed by atoms with E-state index in [1.807, 2.05) is 6.92 Å². The monoisotopic (exact) mass is 426 g/mol. The van der Waals surface area contributed by atoms with E-state index in [1.54, 1.807) is 0 Å². The van der Waals surface area contributed by atoms with E-state index in [4.69, 9.17) is 19.4 Å². The van der Waals surface area contributed by atoms with Gasteiger partial charge in [0, 0.05) is 44.6 Å². The van der Waals surface area contributed by atoms with Crippen molar-refractivity contribution in [3.63, 3.8) is 0 Å². The normalized spacial score (nSPS) is 29.2. The molecule has 9 heteroatoms. The molecule has 1 amide bonds. The van der Waals surface area contributed by atoms with E-state index in [2.05, 4.69) is 10.2 Å². The van der Waals surface area contributed by atoms with Gasteiger partial charge in [0.25, 0.3) is 12.4 Å². The standard InChI is InChI=1S/C20H26F2N2O3.CH2O2/c1-2-26-9-8-24-11-15-14(17-6-7-20(15,12-24)27-17)10-23-19(25)13-4-3-5-16(21)18(13)22;2-1-3/h3-5,14-15,17H,2,6-12H2,1H3,(H,23,25);1H,(H,2,3)/t14-,15+,17+,20+;/m0./s1. The molecule has 30 heavy (non-hydrogen) atoms. The summed E-state index contributed by atoms with van der Waals surface area (Å²) in [6, 6.07) is 3.66. The summed E-state index contributed by atoms with van der Waals surface area (Å²) in [7, 11) is 0. The number of nitrogens with zero attached hydrogens (tertiary/aromatic N) is 1. The van der Waals surface area contributed by atoms with E-state index < -0.39 is 17.5 Å². The van der Waals surface area contributed by atoms with Crippen molar-refractivity contribution in [1.82, 2.24) is 10.2 Å². The van der Waals surface area contributed by atoms with Crippen LogP contribution in [-0.4, -0.2) is 73.5 Å². The van der Waals surface area contributed by atoms with Crippen molar-refractivity contribution in [2.45, 2.75) is 31.5 Å². The molecule has 2 N–H and O–H groups in total. The van der Waals surface area contributed by atoms with E-state index in [9.17, 15) is 13.6 Å². The Bertz CT molecular complexity index is 765. The van der Waals surface area contributed by atoms with E-state index in [1.165, 1.54) is 12.1 Å². The maximum atomic E-state index is 13.8. The minimum absolute atomic E-state index is 0.115. The molecule has 1 aromatic carbocycles. The van der Waals surface area contributed by atoms with Gasteiger partial charge in [0.15, 0.2) is 11.6 Å². The minimum atomic E-state index is -1.10. The Kier molecular flexibility index (Phi) is 7.38. The van der Waals surface area contributed by atoms with Gasteiger partial charge in [-0.1, -0.05) is 6.07 Å². The number of hydrogen-bond acceptors (Lipinski definition) is 5. The third-order valence-electron chi connectivity index (χ3n) is 6.30. The molecule has 4 rings (SSSR count). The molecule has 0 aromatic heterocycles. The van der Waals surface area contributed by atoms with Crippen molar-refractivity contribution in [2.75, 3.05) is 39.4 Å². The Labute approximate surface area is 174 Å². The van der Waals surface area contributed by atoms with Crippen LogP contribution < -0.4 is 5.32 Å². The topological polar surface area (TPSA) is 88.1 Å². The van der Waals surface area contributed by atoms with Gasteiger partial charge in [-0.15, -0.1) is 0 Å². The van der Waals surface area contributed by atoms with Crippen LogP contribution in [0.4, 0.5) is 8.78 Å². The van der Waals surface area contributed by atoms with Crippen LogP contribution in [0.25, 0.3) is 0 Å². The summed E-state index contributed by atoms with van der Waals surface area (Å²) in [5.74, 6) is -2.12. The van der Waals surface area contributed by atoms with E-state index in [0.29, 0.717) is 25.7 Å². The molecule has 1 spiro atoms. The molecule has 4 atom stereocenters. The van der Waals surface area contributed by atoms with Gasteiger partial charge in [0.1, 0.15) is 0 Å². The van der Waals surface area contributed by atoms with E-state index in [0.717, 1.165) is 38.5 Å². The molecular formula is C21H28F2N2O5. The average Bonchev–Trinajstić information content (AvgIpc) is 3.37. The van der Waals surface area contributed by atoms with E-state index in [-0.39, 0.29) is 29.7 Å². The molecule has 2 bridgehead atoms. The SMILES string of the molecule is CCOCCN1C[C@@H]2[C@H](CNC(=O)c3cccc(F)c3F)[C@H]3CC[C@]2(C1)O3.O=CO. The van der Waals surface area contributed by atoms with Crippen molar-refractivity contribution in [3.05, 3.63) is 35.4 Å². The zero-order chi connectivity index (χ0) is 21.7. The largest absolute Gasteiger partial charge is 0.483 e. The van der Waals surface area contributed by atoms with Crippen LogP contribution in [0.15, 0.2) is 18.2 Å². The first-order chi connectivity index (χ1) is 14.5. The molecule has 3 saturated heterocycles. The zero-order valence-electron chi connectivity index (χ0n) is 17.0. The molecule has 0 saturated carbocycles. The summed E-state index contributed by atoms with van der Waals surface area (Å²) in [5.41, 5.74) is -0.366. The molecule has 3 aliphatic rings. The van der Waals surface area contributed by atoms with Crippen LogP contribution >= 0.6 is 0 Å². The number of carboxylic acid groups (broad SMARTS) is 1. The quantitative estimate of drug-likeness (QED) is 0.512. The maximum absolute atomic E-state index is 13.8. The molecule has 0 unspecified atom stereocenters. The van der Waals surface area contributed by atoms with Gasteiger partial charge in [0.2, 0.25) is 0 Å². The Morgan fingerprint density at radius 1 is 1.47 bits per heavy atom. The highest BCUT2D eigenvalue weighted by atomic mass is 19.2. The third-order valence-corrected chi connectivity index (χ3v) is 6.30. The number of carbonyl (C=O) groups is 2. The summed E-state index contributed by atoms with van der Waals surface area (Å²) in [4.78, 5) is 23.1. The molecule has 1 aromatic rings. The highest BCUT2D eigenvalue weighted by Crippen LogP contribution is 2.54. The van der Waals surface area contributed by atoms with Crippen LogP contribution in [0.2, 0.25) is 0 Å². The summed E-state index contributed by atoms with van der Waals surface area (Å²) in [6.07, 6.45) is 2.18. The van der Waals surface area contributed by atoms with Crippen molar-refractivity contribution < 1.29 is 33.0 Å². The number of hydrogen-bond donors (Lipinski definition) is 2. The van der Waals surface area contributed by atoms with Gasteiger partial charge >= 0.3 is 0 Å². The van der Waals surface area contributed by atoms with Crippen molar-refractivity contribution in [2.24, 2.45) is 11.8 Å². The Morgan fingerprint density at radius 3 is 2.97 bits per heavy atom. The Balaban J connectivity index is 0.000000806. The van der Waals surface area contributed by atoms with Gasteiger partial charge in [0.05, 0.1) is 23.9 Å². The third kappa shape index (κ3) is 4.48. The lowest BCUT2D eigenvalue weighted by atomic mass is 9.73. The summed E-state index contributed by atoms with van der Waals surface area (Å²) < 4.78 is 39.0. The first-order valence-corrected chi connectivity index (χ1v) is 10.2. The molecule has 3 fully saturated rings. The van der Waals surface area contributed by atoms with E-state index >= 15 is 0 Å². The highest BCUT2D eigenvalue weighted by Gasteiger charge is 2.62. The molecule has 3 heterocycles. The van der Waals surface area contributed by atoms with Crippen LogP contribution in [0, 0.1) is 23.5 Å². The second kappa shape index (κ2) is 9.80. The predicted molar refractivity (Wildman–Crippen MR) is 104 cm³/mol. The van der Waals surface area contributed by atoms with Crippen LogP contribution in [0.1, 0.15) is 30.1 Å². The first kappa shape index (κ1) is 22.6. The number of carbonyl (C=O) groups excluding carboxylic acids is 1. The summed E-state index contributed by atoms with van der Waals surface area (Å²) in [6.45, 7) is 6.30. The van der Waals surface area contributed by atoms with Crippen LogP contribution in [0.5, 0.6) is 0 Å². The molecular weight excluding hydrogens is 398 g/mol. The highest BCUT2D eigenvalue weighted by molar-refractivity contribution is 5.94. The minimum Gasteiger partial charge on any atom is -0.483 e. The summed E-state index contributed by atoms with van der Waals surface area (Å²) in [5, 5.41) is 9.69. The molecule has 0 aliphatic carbocycles. The number of ether oxygens (including phenoxy) is 2. The molecule has 0 radical (unpaired) electrons.